The fourth-order valence-corrected chi connectivity index (χ4v) is 7.45. The molecule has 0 radical (unpaired) electrons. The molecule has 0 amide bonds. The van der Waals surface area contributed by atoms with Crippen LogP contribution in [0.3, 0.4) is 0 Å². The largest absolute Gasteiger partial charge is 0.313 e. The fraction of sp³-hybridized carbons (Fsp3) is 0.909. The Morgan fingerprint density at radius 2 is 1.96 bits per heavy atom. The van der Waals surface area contributed by atoms with Gasteiger partial charge in [0, 0.05) is 18.5 Å². The second-order valence-electron chi connectivity index (χ2n) is 9.63. The monoisotopic (exact) mass is 342 g/mol. The van der Waals surface area contributed by atoms with Gasteiger partial charge in [-0.2, -0.15) is 5.26 Å². The molecule has 1 N–H and O–H groups in total. The third kappa shape index (κ3) is 3.05. The average molecular weight is 343 g/mol. The zero-order valence-corrected chi connectivity index (χ0v) is 15.8. The number of Topliss-reactive ketones (excluding diaryl/α,β-unsaturated/α-hetero) is 1. The Labute approximate surface area is 152 Å². The van der Waals surface area contributed by atoms with E-state index >= 15 is 0 Å². The second-order valence-corrected chi connectivity index (χ2v) is 9.63. The summed E-state index contributed by atoms with van der Waals surface area (Å²) < 4.78 is 0. The van der Waals surface area contributed by atoms with Gasteiger partial charge in [-0.1, -0.05) is 32.1 Å². The number of nitrogens with zero attached hydrogens (tertiary/aromatic N) is 1. The topological polar surface area (TPSA) is 52.9 Å². The lowest BCUT2D eigenvalue weighted by Gasteiger charge is -2.45. The van der Waals surface area contributed by atoms with Gasteiger partial charge in [0.25, 0.3) is 0 Å². The quantitative estimate of drug-likeness (QED) is 0.767. The third-order valence-electron chi connectivity index (χ3n) is 8.62. The molecule has 1 spiro atoms. The summed E-state index contributed by atoms with van der Waals surface area (Å²) in [4.78, 5) is 11.8. The SMILES string of the molecule is CC1NCC23CCCC(CCC4CCCC(C(=O)C#N)C4)C2CCC13. The van der Waals surface area contributed by atoms with Gasteiger partial charge in [0.15, 0.2) is 0 Å². The molecule has 1 heterocycles. The third-order valence-corrected chi connectivity index (χ3v) is 8.62. The molecule has 3 aliphatic carbocycles. The van der Waals surface area contributed by atoms with E-state index < -0.39 is 0 Å². The van der Waals surface area contributed by atoms with Gasteiger partial charge in [0.1, 0.15) is 6.07 Å². The van der Waals surface area contributed by atoms with Crippen molar-refractivity contribution in [1.29, 1.82) is 5.26 Å². The molecule has 4 aliphatic rings. The van der Waals surface area contributed by atoms with E-state index in [0.717, 1.165) is 43.1 Å². The van der Waals surface area contributed by atoms with Crippen LogP contribution in [0.15, 0.2) is 0 Å². The van der Waals surface area contributed by atoms with Gasteiger partial charge >= 0.3 is 0 Å². The molecule has 7 atom stereocenters. The van der Waals surface area contributed by atoms with Gasteiger partial charge in [-0.25, -0.2) is 0 Å². The van der Waals surface area contributed by atoms with Crippen LogP contribution in [0.2, 0.25) is 0 Å². The van der Waals surface area contributed by atoms with E-state index in [1.807, 2.05) is 6.07 Å². The highest BCUT2D eigenvalue weighted by Gasteiger charge is 2.57. The molecule has 4 rings (SSSR count). The minimum Gasteiger partial charge on any atom is -0.313 e. The van der Waals surface area contributed by atoms with E-state index in [1.165, 1.54) is 57.9 Å². The van der Waals surface area contributed by atoms with Crippen molar-refractivity contribution in [3.8, 4) is 6.07 Å². The molecule has 3 heteroatoms. The van der Waals surface area contributed by atoms with Crippen LogP contribution in [0.1, 0.15) is 77.6 Å². The Hall–Kier alpha value is -0.880. The minimum atomic E-state index is -0.161. The molecule has 1 saturated heterocycles. The molecular weight excluding hydrogens is 308 g/mol. The summed E-state index contributed by atoms with van der Waals surface area (Å²) in [5.41, 5.74) is 0.619. The van der Waals surface area contributed by atoms with Crippen LogP contribution in [0.4, 0.5) is 0 Å². The predicted octanol–water partition coefficient (Wildman–Crippen LogP) is 4.47. The van der Waals surface area contributed by atoms with Crippen LogP contribution in [0.5, 0.6) is 0 Å². The lowest BCUT2D eigenvalue weighted by Crippen LogP contribution is -2.40. The molecule has 1 aliphatic heterocycles. The van der Waals surface area contributed by atoms with E-state index in [4.69, 9.17) is 5.26 Å². The van der Waals surface area contributed by atoms with Crippen LogP contribution in [0.25, 0.3) is 0 Å². The maximum atomic E-state index is 11.8. The first-order chi connectivity index (χ1) is 12.1. The number of nitrogens with one attached hydrogen (secondary N) is 1. The van der Waals surface area contributed by atoms with E-state index in [-0.39, 0.29) is 11.7 Å². The van der Waals surface area contributed by atoms with Crippen LogP contribution < -0.4 is 5.32 Å². The van der Waals surface area contributed by atoms with Crippen molar-refractivity contribution in [1.82, 2.24) is 5.32 Å². The molecular formula is C22H34N2O. The number of carbonyl (C=O) groups excluding carboxylic acids is 1. The molecule has 0 aromatic heterocycles. The molecule has 7 unspecified atom stereocenters. The maximum Gasteiger partial charge on any atom is 0.234 e. The molecule has 138 valence electrons. The van der Waals surface area contributed by atoms with Crippen molar-refractivity contribution in [3.05, 3.63) is 0 Å². The summed E-state index contributed by atoms with van der Waals surface area (Å²) >= 11 is 0. The van der Waals surface area contributed by atoms with Crippen LogP contribution >= 0.6 is 0 Å². The number of carbonyl (C=O) groups is 1. The van der Waals surface area contributed by atoms with E-state index in [1.54, 1.807) is 0 Å². The van der Waals surface area contributed by atoms with Gasteiger partial charge in [0.2, 0.25) is 5.78 Å². The fourth-order valence-electron chi connectivity index (χ4n) is 7.45. The van der Waals surface area contributed by atoms with Gasteiger partial charge in [-0.15, -0.1) is 0 Å². The molecule has 4 fully saturated rings. The maximum absolute atomic E-state index is 11.8. The number of rotatable bonds is 4. The van der Waals surface area contributed by atoms with Crippen molar-refractivity contribution in [2.24, 2.45) is 35.0 Å². The minimum absolute atomic E-state index is 0.0391. The summed E-state index contributed by atoms with van der Waals surface area (Å²) in [5, 5.41) is 12.7. The van der Waals surface area contributed by atoms with Crippen molar-refractivity contribution < 1.29 is 4.79 Å². The van der Waals surface area contributed by atoms with Crippen molar-refractivity contribution >= 4 is 5.78 Å². The summed E-state index contributed by atoms with van der Waals surface area (Å²) in [5.74, 6) is 3.35. The van der Waals surface area contributed by atoms with Crippen LogP contribution in [-0.4, -0.2) is 18.4 Å². The molecule has 3 nitrogen and oxygen atoms in total. The lowest BCUT2D eigenvalue weighted by molar-refractivity contribution is -0.118. The smallest absolute Gasteiger partial charge is 0.234 e. The standard InChI is InChI=1S/C22H34N2O/c1-15-19-9-10-20-17(6-3-11-22(19,20)14-24-15)8-7-16-4-2-5-18(12-16)21(25)13-23/h15-20,24H,2-12,14H2,1H3. The van der Waals surface area contributed by atoms with Crippen molar-refractivity contribution in [3.63, 3.8) is 0 Å². The van der Waals surface area contributed by atoms with Gasteiger partial charge in [-0.05, 0) is 74.5 Å². The normalized spacial score (nSPS) is 46.2. The van der Waals surface area contributed by atoms with Gasteiger partial charge in [-0.3, -0.25) is 4.79 Å². The number of hydrogen-bond acceptors (Lipinski definition) is 3. The Balaban J connectivity index is 1.36. The summed E-state index contributed by atoms with van der Waals surface area (Å²) in [6.45, 7) is 3.67. The van der Waals surface area contributed by atoms with Crippen molar-refractivity contribution in [2.75, 3.05) is 6.54 Å². The Kier molecular flexibility index (Phi) is 4.93. The number of ketones is 1. The average Bonchev–Trinajstić information content (AvgIpc) is 3.17. The van der Waals surface area contributed by atoms with Crippen LogP contribution in [0, 0.1) is 46.3 Å². The van der Waals surface area contributed by atoms with Gasteiger partial charge < -0.3 is 5.32 Å². The van der Waals surface area contributed by atoms with E-state index in [9.17, 15) is 4.79 Å². The summed E-state index contributed by atoms with van der Waals surface area (Å²) in [6.07, 6.45) is 14.2. The first-order valence-electron chi connectivity index (χ1n) is 10.8. The van der Waals surface area contributed by atoms with E-state index in [2.05, 4.69) is 12.2 Å². The number of hydrogen-bond donors (Lipinski definition) is 1. The summed E-state index contributed by atoms with van der Waals surface area (Å²) in [7, 11) is 0. The Morgan fingerprint density at radius 1 is 1.12 bits per heavy atom. The highest BCUT2D eigenvalue weighted by Crippen LogP contribution is 2.61. The second kappa shape index (κ2) is 7.03. The highest BCUT2D eigenvalue weighted by atomic mass is 16.1. The molecule has 0 bridgehead atoms. The molecule has 0 aromatic carbocycles. The lowest BCUT2D eigenvalue weighted by atomic mass is 9.59. The molecule has 3 saturated carbocycles. The van der Waals surface area contributed by atoms with E-state index in [0.29, 0.717) is 11.3 Å². The molecule has 0 aromatic rings. The zero-order valence-electron chi connectivity index (χ0n) is 15.8. The zero-order chi connectivity index (χ0) is 17.4. The van der Waals surface area contributed by atoms with Crippen molar-refractivity contribution in [2.45, 2.75) is 83.6 Å². The van der Waals surface area contributed by atoms with Gasteiger partial charge in [0.05, 0.1) is 0 Å². The Morgan fingerprint density at radius 3 is 2.80 bits per heavy atom. The highest BCUT2D eigenvalue weighted by molar-refractivity contribution is 5.95. The Bertz CT molecular complexity index is 549. The predicted molar refractivity (Wildman–Crippen MR) is 98.8 cm³/mol. The summed E-state index contributed by atoms with van der Waals surface area (Å²) in [6, 6.07) is 2.60. The molecule has 25 heavy (non-hydrogen) atoms. The first kappa shape index (κ1) is 17.5. The first-order valence-corrected chi connectivity index (χ1v) is 10.8. The van der Waals surface area contributed by atoms with Crippen LogP contribution in [-0.2, 0) is 4.79 Å². The number of nitriles is 1.